The van der Waals surface area contributed by atoms with Crippen LogP contribution in [0.5, 0.6) is 0 Å². The van der Waals surface area contributed by atoms with Crippen LogP contribution in [-0.2, 0) is 14.3 Å². The molecule has 202 valence electrons. The number of benzene rings is 1. The van der Waals surface area contributed by atoms with Crippen molar-refractivity contribution in [3.05, 3.63) is 39.8 Å². The van der Waals surface area contributed by atoms with E-state index in [2.05, 4.69) is 22.4 Å². The summed E-state index contributed by atoms with van der Waals surface area (Å²) in [7, 11) is 0. The number of ether oxygens (including phenoxy) is 2. The Labute approximate surface area is 222 Å². The van der Waals surface area contributed by atoms with E-state index < -0.39 is 5.54 Å². The summed E-state index contributed by atoms with van der Waals surface area (Å²) >= 11 is 0. The summed E-state index contributed by atoms with van der Waals surface area (Å²) in [5.74, 6) is -0.385. The van der Waals surface area contributed by atoms with Gasteiger partial charge in [-0.05, 0) is 89.1 Å². The third-order valence-corrected chi connectivity index (χ3v) is 6.06. The van der Waals surface area contributed by atoms with Crippen LogP contribution in [0, 0.1) is 11.3 Å². The van der Waals surface area contributed by atoms with Crippen LogP contribution in [0.15, 0.2) is 28.8 Å². The third-order valence-electron chi connectivity index (χ3n) is 6.06. The number of hydrogen-bond acceptors (Lipinski definition) is 6. The van der Waals surface area contributed by atoms with E-state index in [1.54, 1.807) is 6.08 Å². The first kappa shape index (κ1) is 30.4. The van der Waals surface area contributed by atoms with E-state index in [0.717, 1.165) is 61.1 Å². The first-order valence-corrected chi connectivity index (χ1v) is 13.1. The number of nitrogens with zero attached hydrogens (tertiary/aromatic N) is 3. The summed E-state index contributed by atoms with van der Waals surface area (Å²) in [5.41, 5.74) is 1.10. The Hall–Kier alpha value is -2.79. The van der Waals surface area contributed by atoms with Crippen LogP contribution in [0.2, 0.25) is 0 Å². The number of amides is 1. The zero-order valence-electron chi connectivity index (χ0n) is 23.7. The van der Waals surface area contributed by atoms with Gasteiger partial charge in [0.05, 0.1) is 25.4 Å². The van der Waals surface area contributed by atoms with E-state index in [0.29, 0.717) is 13.0 Å². The number of nitriles is 1. The Bertz CT molecular complexity index is 1130. The van der Waals surface area contributed by atoms with Crippen molar-refractivity contribution in [1.82, 2.24) is 10.2 Å². The molecule has 7 heteroatoms. The van der Waals surface area contributed by atoms with Gasteiger partial charge in [0.1, 0.15) is 11.6 Å². The number of morpholine rings is 1. The summed E-state index contributed by atoms with van der Waals surface area (Å²) in [6.45, 7) is 19.6. The zero-order valence-corrected chi connectivity index (χ0v) is 23.7. The first-order chi connectivity index (χ1) is 17.4. The van der Waals surface area contributed by atoms with E-state index in [9.17, 15) is 10.1 Å². The number of carbonyl (C=O) groups excluding carboxylic acids is 1. The molecule has 0 spiro atoms. The monoisotopic (exact) mass is 508 g/mol. The van der Waals surface area contributed by atoms with Gasteiger partial charge in [-0.15, -0.1) is 0 Å². The van der Waals surface area contributed by atoms with Gasteiger partial charge in [-0.2, -0.15) is 5.26 Å². The van der Waals surface area contributed by atoms with Crippen LogP contribution in [0.3, 0.4) is 0 Å². The molecule has 0 atom stereocenters. The van der Waals surface area contributed by atoms with Crippen molar-refractivity contribution in [1.29, 1.82) is 5.26 Å². The van der Waals surface area contributed by atoms with E-state index in [1.807, 2.05) is 72.7 Å². The minimum Gasteiger partial charge on any atom is -0.379 e. The summed E-state index contributed by atoms with van der Waals surface area (Å²) in [6, 6.07) is 7.97. The molecule has 0 bridgehead atoms. The number of rotatable bonds is 10. The van der Waals surface area contributed by atoms with Gasteiger partial charge in [0.15, 0.2) is 0 Å². The Kier molecular flexibility index (Phi) is 11.7. The largest absolute Gasteiger partial charge is 0.379 e. The van der Waals surface area contributed by atoms with Gasteiger partial charge in [-0.1, -0.05) is 18.2 Å². The summed E-state index contributed by atoms with van der Waals surface area (Å²) in [6.07, 6.45) is 6.37. The Morgan fingerprint density at radius 1 is 1.22 bits per heavy atom. The van der Waals surface area contributed by atoms with Gasteiger partial charge < -0.3 is 14.8 Å². The molecule has 37 heavy (non-hydrogen) atoms. The molecule has 1 N–H and O–H groups in total. The van der Waals surface area contributed by atoms with Crippen molar-refractivity contribution < 1.29 is 14.3 Å². The second-order valence-corrected chi connectivity index (χ2v) is 11.0. The highest BCUT2D eigenvalue weighted by Gasteiger charge is 2.23. The van der Waals surface area contributed by atoms with Gasteiger partial charge in [0.25, 0.3) is 5.91 Å². The van der Waals surface area contributed by atoms with Gasteiger partial charge >= 0.3 is 0 Å². The lowest BCUT2D eigenvalue weighted by Crippen LogP contribution is -2.45. The van der Waals surface area contributed by atoms with Crippen molar-refractivity contribution in [3.8, 4) is 6.07 Å². The molecule has 1 aliphatic heterocycles. The Morgan fingerprint density at radius 2 is 1.92 bits per heavy atom. The highest BCUT2D eigenvalue weighted by Crippen LogP contribution is 2.14. The van der Waals surface area contributed by atoms with Crippen LogP contribution >= 0.6 is 0 Å². The van der Waals surface area contributed by atoms with Crippen LogP contribution in [-0.4, -0.2) is 73.7 Å². The number of carbonyl (C=O) groups is 1. The maximum Gasteiger partial charge on any atom is 0.262 e. The lowest BCUT2D eigenvalue weighted by molar-refractivity contribution is -0.118. The molecule has 0 aromatic heterocycles. The van der Waals surface area contributed by atoms with E-state index >= 15 is 0 Å². The van der Waals surface area contributed by atoms with Crippen LogP contribution in [0.4, 0.5) is 0 Å². The van der Waals surface area contributed by atoms with Crippen LogP contribution < -0.4 is 15.8 Å². The molecular weight excluding hydrogens is 464 g/mol. The highest BCUT2D eigenvalue weighted by atomic mass is 16.5. The molecule has 1 aromatic carbocycles. The van der Waals surface area contributed by atoms with Gasteiger partial charge in [-0.3, -0.25) is 14.7 Å². The predicted octanol–water partition coefficient (Wildman–Crippen LogP) is 3.07. The lowest BCUT2D eigenvalue weighted by Gasteiger charge is -2.28. The molecule has 0 unspecified atom stereocenters. The molecule has 0 saturated carbocycles. The molecular formula is C30H44N4O3. The number of aliphatic imine (C=N–C) groups is 1. The molecule has 1 aliphatic rings. The summed E-state index contributed by atoms with van der Waals surface area (Å²) < 4.78 is 11.2. The average Bonchev–Trinajstić information content (AvgIpc) is 2.82. The topological polar surface area (TPSA) is 87.0 Å². The molecule has 0 aliphatic carbocycles. The minimum atomic E-state index is -0.502. The zero-order chi connectivity index (χ0) is 27.5. The SMILES string of the molecule is CC=c1cc(/C=C(\C#N)C(=O)NC(C)(C)CCOC(C)(C)C)cc/c1=C/C(C)=NCCN1CCOCC1. The fraction of sp³-hybridized carbons (Fsp3) is 0.567. The molecule has 0 radical (unpaired) electrons. The van der Waals surface area contributed by atoms with Crippen LogP contribution in [0.1, 0.15) is 60.5 Å². The highest BCUT2D eigenvalue weighted by molar-refractivity contribution is 6.08. The summed E-state index contributed by atoms with van der Waals surface area (Å²) in [4.78, 5) is 19.9. The van der Waals surface area contributed by atoms with Crippen molar-refractivity contribution >= 4 is 29.8 Å². The molecule has 1 fully saturated rings. The van der Waals surface area contributed by atoms with Gasteiger partial charge in [0, 0.05) is 37.5 Å². The summed E-state index contributed by atoms with van der Waals surface area (Å²) in [5, 5.41) is 14.7. The molecule has 1 heterocycles. The molecule has 7 nitrogen and oxygen atoms in total. The first-order valence-electron chi connectivity index (χ1n) is 13.1. The molecule has 1 aromatic rings. The number of nitrogens with one attached hydrogen (secondary N) is 1. The standard InChI is InChI=1S/C30H44N4O3/c1-8-25-20-24(9-10-26(25)19-23(2)32-12-13-34-14-17-36-18-15-34)21-27(22-31)28(35)33-30(6,7)11-16-37-29(3,4)5/h8-10,19-21H,11-18H2,1-7H3,(H,33,35)/b25-8?,26-19-,27-21+,32-23?. The minimum absolute atomic E-state index is 0.0736. The van der Waals surface area contributed by atoms with Crippen LogP contribution in [0.25, 0.3) is 18.2 Å². The molecule has 1 saturated heterocycles. The average molecular weight is 509 g/mol. The predicted molar refractivity (Wildman–Crippen MR) is 152 cm³/mol. The van der Waals surface area contributed by atoms with Gasteiger partial charge in [-0.25, -0.2) is 0 Å². The molecule has 1 amide bonds. The maximum absolute atomic E-state index is 12.9. The maximum atomic E-state index is 12.9. The van der Waals surface area contributed by atoms with E-state index in [1.165, 1.54) is 0 Å². The van der Waals surface area contributed by atoms with E-state index in [-0.39, 0.29) is 17.1 Å². The smallest absolute Gasteiger partial charge is 0.262 e. The van der Waals surface area contributed by atoms with Crippen molar-refractivity contribution in [2.45, 2.75) is 66.0 Å². The number of hydrogen-bond donors (Lipinski definition) is 1. The van der Waals surface area contributed by atoms with Crippen molar-refractivity contribution in [2.24, 2.45) is 4.99 Å². The second kappa shape index (κ2) is 14.2. The second-order valence-electron chi connectivity index (χ2n) is 11.0. The fourth-order valence-corrected chi connectivity index (χ4v) is 3.89. The molecule has 2 rings (SSSR count). The van der Waals surface area contributed by atoms with E-state index in [4.69, 9.17) is 14.5 Å². The lowest BCUT2D eigenvalue weighted by atomic mass is 10.00. The van der Waals surface area contributed by atoms with Gasteiger partial charge in [0.2, 0.25) is 0 Å². The quantitative estimate of drug-likeness (QED) is 0.298. The van der Waals surface area contributed by atoms with Crippen molar-refractivity contribution in [2.75, 3.05) is 46.0 Å². The fourth-order valence-electron chi connectivity index (χ4n) is 3.89. The normalized spacial score (nSPS) is 17.1. The Balaban J connectivity index is 2.10. The van der Waals surface area contributed by atoms with Crippen molar-refractivity contribution in [3.63, 3.8) is 0 Å². The Morgan fingerprint density at radius 3 is 2.54 bits per heavy atom. The third kappa shape index (κ3) is 11.4.